The van der Waals surface area contributed by atoms with Crippen molar-refractivity contribution >= 4 is 28.5 Å². The Kier molecular flexibility index (Phi) is 5.62. The lowest BCUT2D eigenvalue weighted by molar-refractivity contribution is -0.116. The van der Waals surface area contributed by atoms with E-state index >= 15 is 0 Å². The summed E-state index contributed by atoms with van der Waals surface area (Å²) in [6, 6.07) is 17.9. The minimum atomic E-state index is -0.275. The number of thiophene rings is 1. The lowest BCUT2D eigenvalue weighted by Crippen LogP contribution is -2.26. The van der Waals surface area contributed by atoms with Crippen LogP contribution in [0.25, 0.3) is 0 Å². The second-order valence-electron chi connectivity index (χ2n) is 8.03. The van der Waals surface area contributed by atoms with Crippen molar-refractivity contribution in [1.29, 1.82) is 0 Å². The number of para-hydroxylation sites is 2. The highest BCUT2D eigenvalue weighted by molar-refractivity contribution is 7.10. The third kappa shape index (κ3) is 3.75. The van der Waals surface area contributed by atoms with Crippen LogP contribution >= 0.6 is 11.3 Å². The molecule has 1 aliphatic heterocycles. The Labute approximate surface area is 192 Å². The smallest absolute Gasteiger partial charge is 0.163 e. The number of anilines is 2. The van der Waals surface area contributed by atoms with Crippen LogP contribution in [0.5, 0.6) is 11.5 Å². The topological polar surface area (TPSA) is 59.6 Å². The number of rotatable bonds is 5. The summed E-state index contributed by atoms with van der Waals surface area (Å²) in [5.74, 6) is 1.75. The van der Waals surface area contributed by atoms with Gasteiger partial charge in [0.25, 0.3) is 0 Å². The fraction of sp³-hybridized carbons (Fsp3) is 0.269. The summed E-state index contributed by atoms with van der Waals surface area (Å²) in [5, 5.41) is 9.29. The average Bonchev–Trinajstić information content (AvgIpc) is 3.29. The van der Waals surface area contributed by atoms with Crippen LogP contribution in [-0.2, 0) is 4.79 Å². The molecule has 2 aliphatic rings. The number of carbonyl (C=O) groups excluding carboxylic acids is 1. The van der Waals surface area contributed by atoms with Crippen molar-refractivity contribution in [3.8, 4) is 11.5 Å². The molecule has 6 heteroatoms. The van der Waals surface area contributed by atoms with E-state index in [2.05, 4.69) is 28.1 Å². The van der Waals surface area contributed by atoms with E-state index < -0.39 is 0 Å². The van der Waals surface area contributed by atoms with Crippen LogP contribution < -0.4 is 20.1 Å². The van der Waals surface area contributed by atoms with Crippen LogP contribution in [0, 0.1) is 0 Å². The van der Waals surface area contributed by atoms with Gasteiger partial charge in [0.1, 0.15) is 0 Å². The highest BCUT2D eigenvalue weighted by Gasteiger charge is 2.36. The number of fused-ring (bicyclic) bond motifs is 1. The molecule has 0 saturated carbocycles. The number of carbonyl (C=O) groups is 1. The molecule has 0 amide bonds. The van der Waals surface area contributed by atoms with Gasteiger partial charge in [-0.2, -0.15) is 0 Å². The van der Waals surface area contributed by atoms with Gasteiger partial charge in [-0.15, -0.1) is 11.3 Å². The second-order valence-corrected chi connectivity index (χ2v) is 9.01. The van der Waals surface area contributed by atoms with Crippen molar-refractivity contribution in [1.82, 2.24) is 0 Å². The Morgan fingerprint density at radius 1 is 1.03 bits per heavy atom. The van der Waals surface area contributed by atoms with Crippen LogP contribution in [0.1, 0.15) is 42.2 Å². The molecule has 2 atom stereocenters. The third-order valence-corrected chi connectivity index (χ3v) is 7.11. The molecule has 32 heavy (non-hydrogen) atoms. The summed E-state index contributed by atoms with van der Waals surface area (Å²) in [5.41, 5.74) is 4.73. The van der Waals surface area contributed by atoms with Gasteiger partial charge in [-0.3, -0.25) is 4.79 Å². The number of hydrogen-bond donors (Lipinski definition) is 2. The quantitative estimate of drug-likeness (QED) is 0.493. The Hall–Kier alpha value is -3.25. The first kappa shape index (κ1) is 20.6. The molecule has 2 unspecified atom stereocenters. The summed E-state index contributed by atoms with van der Waals surface area (Å²) >= 11 is 1.72. The fourth-order valence-electron chi connectivity index (χ4n) is 4.61. The largest absolute Gasteiger partial charge is 0.493 e. The maximum atomic E-state index is 13.6. The monoisotopic (exact) mass is 446 g/mol. The molecule has 1 aliphatic carbocycles. The highest BCUT2D eigenvalue weighted by Crippen LogP contribution is 2.45. The van der Waals surface area contributed by atoms with E-state index in [0.29, 0.717) is 24.5 Å². The average molecular weight is 447 g/mol. The van der Waals surface area contributed by atoms with Gasteiger partial charge in [-0.25, -0.2) is 0 Å². The summed E-state index contributed by atoms with van der Waals surface area (Å²) in [7, 11) is 1.64. The van der Waals surface area contributed by atoms with Crippen LogP contribution in [0.3, 0.4) is 0 Å². The minimum absolute atomic E-state index is 0.176. The molecule has 0 saturated heterocycles. The predicted octanol–water partition coefficient (Wildman–Crippen LogP) is 6.13. The molecule has 2 aromatic carbocycles. The van der Waals surface area contributed by atoms with Gasteiger partial charge in [0.2, 0.25) is 0 Å². The molecule has 2 heterocycles. The van der Waals surface area contributed by atoms with E-state index in [-0.39, 0.29) is 17.7 Å². The van der Waals surface area contributed by atoms with E-state index in [0.717, 1.165) is 34.6 Å². The molecule has 0 spiro atoms. The Balaban J connectivity index is 1.61. The minimum Gasteiger partial charge on any atom is -0.493 e. The first-order valence-electron chi connectivity index (χ1n) is 10.9. The van der Waals surface area contributed by atoms with Crippen molar-refractivity contribution in [2.75, 3.05) is 24.4 Å². The van der Waals surface area contributed by atoms with E-state index in [9.17, 15) is 4.79 Å². The van der Waals surface area contributed by atoms with E-state index in [1.54, 1.807) is 18.4 Å². The number of methoxy groups -OCH3 is 1. The van der Waals surface area contributed by atoms with Crippen LogP contribution in [0.2, 0.25) is 0 Å². The van der Waals surface area contributed by atoms with Crippen molar-refractivity contribution in [3.05, 3.63) is 81.7 Å². The number of ether oxygens (including phenoxy) is 2. The molecule has 2 N–H and O–H groups in total. The molecule has 164 valence electrons. The summed E-state index contributed by atoms with van der Waals surface area (Å²) in [6.07, 6.45) is 1.33. The van der Waals surface area contributed by atoms with Gasteiger partial charge < -0.3 is 20.1 Å². The van der Waals surface area contributed by atoms with Crippen molar-refractivity contribution in [2.45, 2.75) is 31.7 Å². The van der Waals surface area contributed by atoms with Gasteiger partial charge in [-0.1, -0.05) is 24.3 Å². The highest BCUT2D eigenvalue weighted by atomic mass is 32.1. The summed E-state index contributed by atoms with van der Waals surface area (Å²) in [4.78, 5) is 14.8. The first-order chi connectivity index (χ1) is 15.7. The van der Waals surface area contributed by atoms with E-state index in [1.807, 2.05) is 49.4 Å². The maximum absolute atomic E-state index is 13.6. The molecule has 0 bridgehead atoms. The zero-order valence-electron chi connectivity index (χ0n) is 18.2. The molecule has 0 radical (unpaired) electrons. The van der Waals surface area contributed by atoms with Crippen LogP contribution in [-0.4, -0.2) is 19.5 Å². The van der Waals surface area contributed by atoms with Crippen LogP contribution in [0.4, 0.5) is 11.4 Å². The number of hydrogen-bond acceptors (Lipinski definition) is 6. The van der Waals surface area contributed by atoms with Crippen molar-refractivity contribution in [3.63, 3.8) is 0 Å². The fourth-order valence-corrected chi connectivity index (χ4v) is 5.44. The SMILES string of the molecule is CCOc1ccc(C2Nc3ccccc3NC3=C2C(=O)CC(c2cccs2)C3)cc1OC. The standard InChI is InChI=1S/C26H26N2O3S/c1-3-31-22-11-10-16(15-23(22)30-2)26-25-20(27-18-7-4-5-8-19(18)28-26)13-17(14-21(25)29)24-9-6-12-32-24/h4-12,15,17,26-28H,3,13-14H2,1-2H3. The maximum Gasteiger partial charge on any atom is 0.163 e. The number of nitrogens with one attached hydrogen (secondary N) is 2. The van der Waals surface area contributed by atoms with Crippen LogP contribution in [0.15, 0.2) is 71.2 Å². The van der Waals surface area contributed by atoms with Crippen molar-refractivity contribution in [2.24, 2.45) is 0 Å². The molecular formula is C26H26N2O3S. The Bertz CT molecular complexity index is 1170. The molecular weight excluding hydrogens is 420 g/mol. The zero-order valence-corrected chi connectivity index (χ0v) is 19.0. The van der Waals surface area contributed by atoms with Gasteiger partial charge in [0.15, 0.2) is 17.3 Å². The van der Waals surface area contributed by atoms with Gasteiger partial charge >= 0.3 is 0 Å². The summed E-state index contributed by atoms with van der Waals surface area (Å²) < 4.78 is 11.3. The van der Waals surface area contributed by atoms with Crippen molar-refractivity contribution < 1.29 is 14.3 Å². The second kappa shape index (κ2) is 8.71. The lowest BCUT2D eigenvalue weighted by Gasteiger charge is -2.29. The van der Waals surface area contributed by atoms with Gasteiger partial charge in [0, 0.05) is 28.5 Å². The molecule has 0 fully saturated rings. The number of allylic oxidation sites excluding steroid dienone is 1. The molecule has 5 nitrogen and oxygen atoms in total. The number of ketones is 1. The number of benzene rings is 2. The third-order valence-electron chi connectivity index (χ3n) is 6.08. The van der Waals surface area contributed by atoms with Gasteiger partial charge in [-0.05, 0) is 54.6 Å². The normalized spacial score (nSPS) is 19.9. The molecule has 3 aromatic rings. The first-order valence-corrected chi connectivity index (χ1v) is 11.8. The number of Topliss-reactive ketones (excluding diaryl/α,β-unsaturated/α-hetero) is 1. The lowest BCUT2D eigenvalue weighted by atomic mass is 9.80. The predicted molar refractivity (Wildman–Crippen MR) is 129 cm³/mol. The zero-order chi connectivity index (χ0) is 22.1. The van der Waals surface area contributed by atoms with Gasteiger partial charge in [0.05, 0.1) is 31.1 Å². The Morgan fingerprint density at radius 2 is 1.88 bits per heavy atom. The summed E-state index contributed by atoms with van der Waals surface area (Å²) in [6.45, 7) is 2.51. The van der Waals surface area contributed by atoms with E-state index in [4.69, 9.17) is 9.47 Å². The van der Waals surface area contributed by atoms with E-state index in [1.165, 1.54) is 4.88 Å². The molecule has 1 aromatic heterocycles. The molecule has 5 rings (SSSR count). The Morgan fingerprint density at radius 3 is 2.62 bits per heavy atom.